The molecule has 2 heterocycles. The molecule has 6 heteroatoms. The Labute approximate surface area is 369 Å². The van der Waals surface area contributed by atoms with Crippen LogP contribution in [0.3, 0.4) is 0 Å². The Morgan fingerprint density at radius 2 is 0.906 bits per heavy atom. The highest BCUT2D eigenvalue weighted by Crippen LogP contribution is 2.48. The minimum atomic E-state index is -0.429. The highest BCUT2D eigenvalue weighted by molar-refractivity contribution is 6.37. The van der Waals surface area contributed by atoms with Gasteiger partial charge in [-0.15, -0.1) is 0 Å². The lowest BCUT2D eigenvalue weighted by molar-refractivity contribution is 0.0926. The molecule has 0 unspecified atom stereocenters. The number of imide groups is 1. The molecule has 0 spiro atoms. The molecule has 0 aliphatic carbocycles. The van der Waals surface area contributed by atoms with E-state index in [0.717, 1.165) is 77.4 Å². The predicted molar refractivity (Wildman–Crippen MR) is 257 cm³/mol. The van der Waals surface area contributed by atoms with E-state index in [1.807, 2.05) is 152 Å². The SMILES string of the molecule is [C-]#[N+]c1ccc(-c2cccc3c4cccc(-c5ccc(C#N)cc5)c4n(-c4cccc5c4C(=O)N(c4c(-c6ccccc6)cc(-c6ccccc6)cc4-c4ccccc4)C5=O)c23)cc1. The smallest absolute Gasteiger partial charge is 0.268 e. The quantitative estimate of drug-likeness (QED) is 0.119. The van der Waals surface area contributed by atoms with Crippen LogP contribution in [0.1, 0.15) is 26.3 Å². The van der Waals surface area contributed by atoms with E-state index in [0.29, 0.717) is 33.8 Å². The molecule has 0 atom stereocenters. The average molecular weight is 819 g/mol. The van der Waals surface area contributed by atoms with Crippen molar-refractivity contribution in [1.29, 1.82) is 5.26 Å². The lowest BCUT2D eigenvalue weighted by Gasteiger charge is -2.24. The summed E-state index contributed by atoms with van der Waals surface area (Å²) >= 11 is 0. The van der Waals surface area contributed by atoms with Crippen LogP contribution in [0.25, 0.3) is 88.0 Å². The number of carbonyl (C=O) groups excluding carboxylic acids is 2. The second-order valence-corrected chi connectivity index (χ2v) is 15.8. The van der Waals surface area contributed by atoms with Gasteiger partial charge in [0.25, 0.3) is 11.8 Å². The minimum Gasteiger partial charge on any atom is -0.307 e. The van der Waals surface area contributed by atoms with Crippen molar-refractivity contribution < 1.29 is 9.59 Å². The number of para-hydroxylation sites is 2. The molecule has 1 aliphatic rings. The largest absolute Gasteiger partial charge is 0.307 e. The topological polar surface area (TPSA) is 70.5 Å². The van der Waals surface area contributed by atoms with E-state index in [2.05, 4.69) is 64.0 Å². The molecular weight excluding hydrogens is 785 g/mol. The lowest BCUT2D eigenvalue weighted by Crippen LogP contribution is -2.30. The first-order valence-electron chi connectivity index (χ1n) is 20.9. The van der Waals surface area contributed by atoms with Crippen LogP contribution in [0.2, 0.25) is 0 Å². The molecule has 10 aromatic rings. The summed E-state index contributed by atoms with van der Waals surface area (Å²) in [7, 11) is 0. The molecule has 1 aliphatic heterocycles. The van der Waals surface area contributed by atoms with E-state index in [9.17, 15) is 5.26 Å². The van der Waals surface area contributed by atoms with Gasteiger partial charge in [0, 0.05) is 33.0 Å². The van der Waals surface area contributed by atoms with Gasteiger partial charge in [0.15, 0.2) is 5.69 Å². The maximum atomic E-state index is 15.8. The number of aromatic nitrogens is 1. The highest BCUT2D eigenvalue weighted by Gasteiger charge is 2.42. The first-order valence-corrected chi connectivity index (χ1v) is 20.9. The van der Waals surface area contributed by atoms with Crippen LogP contribution in [0.5, 0.6) is 0 Å². The minimum absolute atomic E-state index is 0.296. The molecule has 0 N–H and O–H groups in total. The molecule has 6 nitrogen and oxygen atoms in total. The number of hydrogen-bond acceptors (Lipinski definition) is 3. The summed E-state index contributed by atoms with van der Waals surface area (Å²) in [4.78, 5) is 36.1. The van der Waals surface area contributed by atoms with Crippen molar-refractivity contribution in [3.63, 3.8) is 0 Å². The van der Waals surface area contributed by atoms with Gasteiger partial charge in [0.2, 0.25) is 0 Å². The third kappa shape index (κ3) is 6.10. The maximum absolute atomic E-state index is 15.8. The second-order valence-electron chi connectivity index (χ2n) is 15.8. The normalized spacial score (nSPS) is 12.1. The maximum Gasteiger partial charge on any atom is 0.268 e. The number of fused-ring (bicyclic) bond motifs is 4. The lowest BCUT2D eigenvalue weighted by atomic mass is 9.90. The van der Waals surface area contributed by atoms with Crippen molar-refractivity contribution in [2.24, 2.45) is 0 Å². The number of nitriles is 1. The zero-order valence-corrected chi connectivity index (χ0v) is 34.2. The van der Waals surface area contributed by atoms with Crippen LogP contribution in [0, 0.1) is 17.9 Å². The molecule has 0 bridgehead atoms. The summed E-state index contributed by atoms with van der Waals surface area (Å²) in [5, 5.41) is 11.6. The van der Waals surface area contributed by atoms with Gasteiger partial charge < -0.3 is 4.57 Å². The predicted octanol–water partition coefficient (Wildman–Crippen LogP) is 14.3. The van der Waals surface area contributed by atoms with Gasteiger partial charge >= 0.3 is 0 Å². The number of rotatable bonds is 7. The highest BCUT2D eigenvalue weighted by atomic mass is 16.2. The fourth-order valence-corrected chi connectivity index (χ4v) is 9.27. The van der Waals surface area contributed by atoms with Gasteiger partial charge in [-0.3, -0.25) is 9.59 Å². The van der Waals surface area contributed by atoms with Crippen molar-refractivity contribution in [2.75, 3.05) is 4.90 Å². The summed E-state index contributed by atoms with van der Waals surface area (Å²) in [6.07, 6.45) is 0. The summed E-state index contributed by atoms with van der Waals surface area (Å²) < 4.78 is 2.14. The van der Waals surface area contributed by atoms with E-state index in [-0.39, 0.29) is 0 Å². The van der Waals surface area contributed by atoms with Crippen LogP contribution in [0.15, 0.2) is 206 Å². The van der Waals surface area contributed by atoms with E-state index in [4.69, 9.17) is 6.57 Å². The van der Waals surface area contributed by atoms with Crippen LogP contribution >= 0.6 is 0 Å². The van der Waals surface area contributed by atoms with Crippen molar-refractivity contribution in [3.05, 3.63) is 234 Å². The van der Waals surface area contributed by atoms with Gasteiger partial charge in [-0.1, -0.05) is 170 Å². The first kappa shape index (κ1) is 37.9. The Bertz CT molecular complexity index is 3410. The Balaban J connectivity index is 1.21. The van der Waals surface area contributed by atoms with Crippen LogP contribution < -0.4 is 4.90 Å². The van der Waals surface area contributed by atoms with E-state index in [1.165, 1.54) is 4.90 Å². The standard InChI is InChI=1S/C58H34N4O2/c1-60-44-32-30-42(31-33-44)46-21-12-23-48-47-22-11-20-45(41-28-26-37(36-59)27-29-41)54(47)61(55(46)48)52-25-13-24-49-53(52)58(64)62(57(49)63)56-50(39-16-7-3-8-17-39)34-43(38-14-5-2-6-15-38)35-51(56)40-18-9-4-10-19-40/h2-35H. The van der Waals surface area contributed by atoms with Crippen LogP contribution in [-0.2, 0) is 0 Å². The van der Waals surface area contributed by atoms with Crippen molar-refractivity contribution in [1.82, 2.24) is 4.57 Å². The Morgan fingerprint density at radius 1 is 0.438 bits per heavy atom. The number of nitrogens with zero attached hydrogens (tertiary/aromatic N) is 4. The second kappa shape index (κ2) is 15.4. The van der Waals surface area contributed by atoms with Crippen LogP contribution in [-0.4, -0.2) is 16.4 Å². The number of anilines is 1. The molecule has 0 saturated carbocycles. The number of hydrogen-bond donors (Lipinski definition) is 0. The van der Waals surface area contributed by atoms with Crippen molar-refractivity contribution in [3.8, 4) is 67.4 Å². The third-order valence-corrected chi connectivity index (χ3v) is 12.2. The number of benzene rings is 9. The Morgan fingerprint density at radius 3 is 1.42 bits per heavy atom. The van der Waals surface area contributed by atoms with Gasteiger partial charge in [0.05, 0.1) is 51.7 Å². The molecule has 1 aromatic heterocycles. The molecule has 64 heavy (non-hydrogen) atoms. The average Bonchev–Trinajstić information content (AvgIpc) is 3.84. The molecule has 0 radical (unpaired) electrons. The van der Waals surface area contributed by atoms with Crippen molar-refractivity contribution >= 4 is 45.0 Å². The fourth-order valence-electron chi connectivity index (χ4n) is 9.27. The molecule has 0 fully saturated rings. The van der Waals surface area contributed by atoms with Crippen LogP contribution in [0.4, 0.5) is 11.4 Å². The molecule has 2 amide bonds. The molecule has 9 aromatic carbocycles. The fraction of sp³-hybridized carbons (Fsp3) is 0. The number of carbonyl (C=O) groups is 2. The van der Waals surface area contributed by atoms with Crippen molar-refractivity contribution in [2.45, 2.75) is 0 Å². The zero-order valence-electron chi connectivity index (χ0n) is 34.2. The molecule has 298 valence electrons. The van der Waals surface area contributed by atoms with Gasteiger partial charge in [0.1, 0.15) is 0 Å². The summed E-state index contributed by atoms with van der Waals surface area (Å²) in [6, 6.07) is 69.3. The van der Waals surface area contributed by atoms with Gasteiger partial charge in [-0.25, -0.2) is 9.74 Å². The Hall–Kier alpha value is -9.10. The van der Waals surface area contributed by atoms with E-state index >= 15 is 9.59 Å². The van der Waals surface area contributed by atoms with Gasteiger partial charge in [-0.2, -0.15) is 5.26 Å². The van der Waals surface area contributed by atoms with E-state index < -0.39 is 11.8 Å². The molecular formula is C58H34N4O2. The summed E-state index contributed by atoms with van der Waals surface area (Å²) in [6.45, 7) is 7.60. The van der Waals surface area contributed by atoms with Gasteiger partial charge in [-0.05, 0) is 69.8 Å². The monoisotopic (exact) mass is 818 g/mol. The molecule has 11 rings (SSSR count). The Kier molecular flexibility index (Phi) is 9.12. The molecule has 0 saturated heterocycles. The number of amides is 2. The summed E-state index contributed by atoms with van der Waals surface area (Å²) in [5.41, 5.74) is 13.3. The first-order chi connectivity index (χ1) is 31.5. The zero-order chi connectivity index (χ0) is 43.3. The van der Waals surface area contributed by atoms with E-state index in [1.54, 1.807) is 6.07 Å². The third-order valence-electron chi connectivity index (χ3n) is 12.2. The summed E-state index contributed by atoms with van der Waals surface area (Å²) in [5.74, 6) is -0.839.